The maximum Gasteiger partial charge on any atom is 0.251 e. The summed E-state index contributed by atoms with van der Waals surface area (Å²) < 4.78 is 26.0. The highest BCUT2D eigenvalue weighted by Crippen LogP contribution is 2.33. The van der Waals surface area contributed by atoms with Gasteiger partial charge in [-0.1, -0.05) is 18.2 Å². The molecule has 1 amide bonds. The number of nitrogens with one attached hydrogen (secondary N) is 1. The van der Waals surface area contributed by atoms with Crippen molar-refractivity contribution in [3.63, 3.8) is 0 Å². The van der Waals surface area contributed by atoms with Crippen LogP contribution >= 0.6 is 0 Å². The molecule has 2 fully saturated rings. The van der Waals surface area contributed by atoms with Crippen LogP contribution in [0.3, 0.4) is 0 Å². The number of piperidine rings is 1. The number of carbonyl (C=O) groups excluding carboxylic acids is 1. The Balaban J connectivity index is 1.45. The maximum atomic E-state index is 12.2. The molecule has 0 bridgehead atoms. The van der Waals surface area contributed by atoms with Crippen LogP contribution in [0.15, 0.2) is 30.3 Å². The molecule has 1 saturated carbocycles. The number of rotatable bonds is 5. The third-order valence-corrected chi connectivity index (χ3v) is 6.87. The zero-order valence-corrected chi connectivity index (χ0v) is 13.4. The summed E-state index contributed by atoms with van der Waals surface area (Å²) in [4.78, 5) is 12.0. The molecule has 2 aliphatic rings. The quantitative estimate of drug-likeness (QED) is 0.896. The van der Waals surface area contributed by atoms with Gasteiger partial charge in [0, 0.05) is 25.2 Å². The van der Waals surface area contributed by atoms with Crippen molar-refractivity contribution in [2.24, 2.45) is 5.92 Å². The van der Waals surface area contributed by atoms with Gasteiger partial charge in [-0.2, -0.15) is 0 Å². The lowest BCUT2D eigenvalue weighted by molar-refractivity contribution is 0.0941. The van der Waals surface area contributed by atoms with Crippen LogP contribution in [0.1, 0.15) is 36.0 Å². The van der Waals surface area contributed by atoms with Crippen molar-refractivity contribution in [2.45, 2.75) is 30.9 Å². The molecule has 3 rings (SSSR count). The van der Waals surface area contributed by atoms with Crippen LogP contribution in [-0.2, 0) is 10.0 Å². The lowest BCUT2D eigenvalue weighted by atomic mass is 9.98. The summed E-state index contributed by atoms with van der Waals surface area (Å²) in [6, 6.07) is 9.15. The molecule has 5 nitrogen and oxygen atoms in total. The fourth-order valence-corrected chi connectivity index (χ4v) is 4.75. The van der Waals surface area contributed by atoms with Crippen molar-refractivity contribution in [3.05, 3.63) is 35.9 Å². The van der Waals surface area contributed by atoms with Gasteiger partial charge in [-0.25, -0.2) is 12.7 Å². The van der Waals surface area contributed by atoms with Crippen LogP contribution in [0.4, 0.5) is 0 Å². The first-order valence-electron chi connectivity index (χ1n) is 7.89. The van der Waals surface area contributed by atoms with Gasteiger partial charge in [-0.15, -0.1) is 0 Å². The van der Waals surface area contributed by atoms with Crippen molar-refractivity contribution in [1.82, 2.24) is 9.62 Å². The topological polar surface area (TPSA) is 66.5 Å². The molecule has 22 heavy (non-hydrogen) atoms. The van der Waals surface area contributed by atoms with E-state index in [1.54, 1.807) is 16.4 Å². The second kappa shape index (κ2) is 6.38. The highest BCUT2D eigenvalue weighted by atomic mass is 32.2. The van der Waals surface area contributed by atoms with Crippen molar-refractivity contribution < 1.29 is 13.2 Å². The van der Waals surface area contributed by atoms with E-state index in [-0.39, 0.29) is 11.2 Å². The van der Waals surface area contributed by atoms with E-state index in [1.165, 1.54) is 0 Å². The van der Waals surface area contributed by atoms with Gasteiger partial charge >= 0.3 is 0 Å². The molecule has 0 atom stereocenters. The van der Waals surface area contributed by atoms with E-state index in [0.717, 1.165) is 25.7 Å². The average molecular weight is 322 g/mol. The molecule has 120 valence electrons. The molecule has 0 unspecified atom stereocenters. The van der Waals surface area contributed by atoms with E-state index in [1.807, 2.05) is 18.2 Å². The number of sulfonamides is 1. The van der Waals surface area contributed by atoms with Gasteiger partial charge in [0.25, 0.3) is 5.91 Å². The molecule has 0 radical (unpaired) electrons. The van der Waals surface area contributed by atoms with Crippen LogP contribution in [0.25, 0.3) is 0 Å². The second-order valence-electron chi connectivity index (χ2n) is 6.16. The van der Waals surface area contributed by atoms with E-state index in [9.17, 15) is 13.2 Å². The zero-order chi connectivity index (χ0) is 15.6. The van der Waals surface area contributed by atoms with Crippen LogP contribution in [0, 0.1) is 5.92 Å². The molecule has 6 heteroatoms. The fourth-order valence-electron chi connectivity index (χ4n) is 2.87. The van der Waals surface area contributed by atoms with E-state index < -0.39 is 10.0 Å². The summed E-state index contributed by atoms with van der Waals surface area (Å²) in [7, 11) is -3.04. The third kappa shape index (κ3) is 3.50. The Hall–Kier alpha value is -1.40. The van der Waals surface area contributed by atoms with E-state index in [0.29, 0.717) is 31.1 Å². The molecule has 1 aliphatic carbocycles. The molecular formula is C16H22N2O3S. The Kier molecular flexibility index (Phi) is 4.49. The minimum Gasteiger partial charge on any atom is -0.352 e. The van der Waals surface area contributed by atoms with Crippen molar-refractivity contribution in [2.75, 3.05) is 19.6 Å². The lowest BCUT2D eigenvalue weighted by Crippen LogP contribution is -2.42. The van der Waals surface area contributed by atoms with Crippen LogP contribution < -0.4 is 5.32 Å². The predicted molar refractivity (Wildman–Crippen MR) is 85.0 cm³/mol. The summed E-state index contributed by atoms with van der Waals surface area (Å²) >= 11 is 0. The number of nitrogens with zero attached hydrogens (tertiary/aromatic N) is 1. The Bertz CT molecular complexity index is 618. The predicted octanol–water partition coefficient (Wildman–Crippen LogP) is 1.62. The van der Waals surface area contributed by atoms with Crippen LogP contribution in [-0.4, -0.2) is 43.5 Å². The van der Waals surface area contributed by atoms with Crippen LogP contribution in [0.2, 0.25) is 0 Å². The van der Waals surface area contributed by atoms with Gasteiger partial charge in [0.05, 0.1) is 5.25 Å². The first-order chi connectivity index (χ1) is 10.6. The van der Waals surface area contributed by atoms with Gasteiger partial charge < -0.3 is 5.32 Å². The molecule has 1 heterocycles. The average Bonchev–Trinajstić information content (AvgIpc) is 3.39. The van der Waals surface area contributed by atoms with Gasteiger partial charge in [-0.3, -0.25) is 4.79 Å². The molecule has 0 aromatic heterocycles. The summed E-state index contributed by atoms with van der Waals surface area (Å²) in [5.74, 6) is 0.298. The monoisotopic (exact) mass is 322 g/mol. The lowest BCUT2D eigenvalue weighted by Gasteiger charge is -2.31. The van der Waals surface area contributed by atoms with Gasteiger partial charge in [0.1, 0.15) is 0 Å². The minimum absolute atomic E-state index is 0.0615. The van der Waals surface area contributed by atoms with Crippen LogP contribution in [0.5, 0.6) is 0 Å². The first-order valence-corrected chi connectivity index (χ1v) is 9.40. The van der Waals surface area contributed by atoms with Gasteiger partial charge in [0.15, 0.2) is 0 Å². The molecule has 1 saturated heterocycles. The SMILES string of the molecule is O=C(NCC1CCN(S(=O)(=O)C2CC2)CC1)c1ccccc1. The molecule has 1 aliphatic heterocycles. The van der Waals surface area contributed by atoms with Crippen molar-refractivity contribution >= 4 is 15.9 Å². The summed E-state index contributed by atoms with van der Waals surface area (Å²) in [6.07, 6.45) is 3.27. The molecular weight excluding hydrogens is 300 g/mol. The van der Waals surface area contributed by atoms with Gasteiger partial charge in [-0.05, 0) is 43.7 Å². The summed E-state index contributed by atoms with van der Waals surface area (Å²) in [5, 5.41) is 2.83. The standard InChI is InChI=1S/C16H22N2O3S/c19-16(14-4-2-1-3-5-14)17-12-13-8-10-18(11-9-13)22(20,21)15-6-7-15/h1-5,13,15H,6-12H2,(H,17,19). The molecule has 1 aromatic rings. The third-order valence-electron chi connectivity index (χ3n) is 4.47. The van der Waals surface area contributed by atoms with E-state index in [4.69, 9.17) is 0 Å². The highest BCUT2D eigenvalue weighted by Gasteiger charge is 2.41. The highest BCUT2D eigenvalue weighted by molar-refractivity contribution is 7.90. The number of benzene rings is 1. The number of amides is 1. The van der Waals surface area contributed by atoms with E-state index >= 15 is 0 Å². The smallest absolute Gasteiger partial charge is 0.251 e. The Morgan fingerprint density at radius 3 is 2.32 bits per heavy atom. The largest absolute Gasteiger partial charge is 0.352 e. The second-order valence-corrected chi connectivity index (χ2v) is 8.38. The number of hydrogen-bond acceptors (Lipinski definition) is 3. The summed E-state index contributed by atoms with van der Waals surface area (Å²) in [5.41, 5.74) is 0.663. The molecule has 1 aromatic carbocycles. The van der Waals surface area contributed by atoms with Crippen molar-refractivity contribution in [3.8, 4) is 0 Å². The first kappa shape index (κ1) is 15.5. The van der Waals surface area contributed by atoms with Gasteiger partial charge in [0.2, 0.25) is 10.0 Å². The molecule has 1 N–H and O–H groups in total. The Morgan fingerprint density at radius 2 is 1.73 bits per heavy atom. The molecule has 0 spiro atoms. The minimum atomic E-state index is -3.04. The Labute approximate surface area is 131 Å². The maximum absolute atomic E-state index is 12.2. The van der Waals surface area contributed by atoms with Crippen molar-refractivity contribution in [1.29, 1.82) is 0 Å². The zero-order valence-electron chi connectivity index (χ0n) is 12.6. The number of hydrogen-bond donors (Lipinski definition) is 1. The van der Waals surface area contributed by atoms with E-state index in [2.05, 4.69) is 5.32 Å². The normalized spacial score (nSPS) is 20.7. The Morgan fingerprint density at radius 1 is 1.09 bits per heavy atom. The number of carbonyl (C=O) groups is 1. The fraction of sp³-hybridized carbons (Fsp3) is 0.562. The summed E-state index contributed by atoms with van der Waals surface area (Å²) in [6.45, 7) is 1.79.